The fourth-order valence-electron chi connectivity index (χ4n) is 2.83. The van der Waals surface area contributed by atoms with E-state index in [0.29, 0.717) is 52.0 Å². The van der Waals surface area contributed by atoms with Crippen molar-refractivity contribution in [2.24, 2.45) is 0 Å². The highest BCUT2D eigenvalue weighted by Gasteiger charge is 2.28. The number of halogens is 1. The number of thiocarbonyl (C=S) groups is 1. The maximum absolute atomic E-state index is 12.3. The Kier molecular flexibility index (Phi) is 8.23. The van der Waals surface area contributed by atoms with Gasteiger partial charge in [0.2, 0.25) is 0 Å². The van der Waals surface area contributed by atoms with Crippen molar-refractivity contribution < 1.29 is 19.0 Å². The Morgan fingerprint density at radius 1 is 1.13 bits per heavy atom. The van der Waals surface area contributed by atoms with Crippen LogP contribution in [0, 0.1) is 6.92 Å². The zero-order valence-corrected chi connectivity index (χ0v) is 20.0. The fraction of sp³-hybridized carbons (Fsp3) is 0.304. The van der Waals surface area contributed by atoms with E-state index in [1.807, 2.05) is 44.2 Å². The largest absolute Gasteiger partial charge is 0.493 e. The van der Waals surface area contributed by atoms with Crippen LogP contribution in [-0.4, -0.2) is 42.0 Å². The first-order chi connectivity index (χ1) is 14.9. The van der Waals surface area contributed by atoms with E-state index in [1.165, 1.54) is 22.2 Å². The lowest BCUT2D eigenvalue weighted by Crippen LogP contribution is -2.22. The number of benzene rings is 2. The number of hydrogen-bond donors (Lipinski definition) is 0. The molecule has 1 aliphatic rings. The standard InChI is InChI=1S/C23H24ClNO4S2/c1-4-27-19-13-16(14-20-22(26)25(3)23(30)31-20)12-18(24)21(19)29-11-5-10-28-17-8-6-15(2)7-9-17/h6-9,12-14H,4-5,10-11H2,1-3H3. The first kappa shape index (κ1) is 23.4. The zero-order chi connectivity index (χ0) is 22.4. The number of rotatable bonds is 9. The number of amides is 1. The molecule has 1 saturated heterocycles. The first-order valence-corrected chi connectivity index (χ1v) is 11.5. The lowest BCUT2D eigenvalue weighted by atomic mass is 10.1. The molecular formula is C23H24ClNO4S2. The van der Waals surface area contributed by atoms with Crippen LogP contribution in [0.4, 0.5) is 0 Å². The Balaban J connectivity index is 1.64. The normalized spacial score (nSPS) is 15.0. The summed E-state index contributed by atoms with van der Waals surface area (Å²) in [6, 6.07) is 11.5. The minimum Gasteiger partial charge on any atom is -0.493 e. The predicted octanol–water partition coefficient (Wildman–Crippen LogP) is 5.73. The van der Waals surface area contributed by atoms with Gasteiger partial charge in [0, 0.05) is 13.5 Å². The average molecular weight is 478 g/mol. The topological polar surface area (TPSA) is 48.0 Å². The number of carbonyl (C=O) groups excluding carboxylic acids is 1. The van der Waals surface area contributed by atoms with E-state index in [2.05, 4.69) is 0 Å². The summed E-state index contributed by atoms with van der Waals surface area (Å²) in [5.74, 6) is 1.73. The quantitative estimate of drug-likeness (QED) is 0.261. The summed E-state index contributed by atoms with van der Waals surface area (Å²) in [6.45, 7) is 5.35. The molecule has 0 spiro atoms. The fourth-order valence-corrected chi connectivity index (χ4v) is 4.28. The van der Waals surface area contributed by atoms with Gasteiger partial charge >= 0.3 is 0 Å². The summed E-state index contributed by atoms with van der Waals surface area (Å²) >= 11 is 12.9. The van der Waals surface area contributed by atoms with Crippen molar-refractivity contribution in [3.8, 4) is 17.2 Å². The Morgan fingerprint density at radius 3 is 2.48 bits per heavy atom. The van der Waals surface area contributed by atoms with Crippen LogP contribution in [0.25, 0.3) is 6.08 Å². The third-order valence-corrected chi connectivity index (χ3v) is 6.21. The van der Waals surface area contributed by atoms with Crippen molar-refractivity contribution in [2.75, 3.05) is 26.9 Å². The molecular weight excluding hydrogens is 454 g/mol. The lowest BCUT2D eigenvalue weighted by molar-refractivity contribution is -0.121. The van der Waals surface area contributed by atoms with Gasteiger partial charge in [0.25, 0.3) is 5.91 Å². The number of nitrogens with zero attached hydrogens (tertiary/aromatic N) is 1. The van der Waals surface area contributed by atoms with Crippen LogP contribution >= 0.6 is 35.6 Å². The minimum absolute atomic E-state index is 0.127. The first-order valence-electron chi connectivity index (χ1n) is 9.89. The van der Waals surface area contributed by atoms with Gasteiger partial charge in [0.1, 0.15) is 10.1 Å². The second kappa shape index (κ2) is 10.9. The number of carbonyl (C=O) groups is 1. The van der Waals surface area contributed by atoms with E-state index < -0.39 is 0 Å². The minimum atomic E-state index is -0.127. The molecule has 2 aromatic rings. The van der Waals surface area contributed by atoms with Crippen LogP contribution < -0.4 is 14.2 Å². The van der Waals surface area contributed by atoms with Crippen molar-refractivity contribution in [1.82, 2.24) is 4.90 Å². The Labute approximate surface area is 197 Å². The second-order valence-corrected chi connectivity index (χ2v) is 8.95. The smallest absolute Gasteiger partial charge is 0.265 e. The molecule has 0 unspecified atom stereocenters. The molecule has 31 heavy (non-hydrogen) atoms. The van der Waals surface area contributed by atoms with Gasteiger partial charge in [-0.25, -0.2) is 0 Å². The molecule has 1 fully saturated rings. The molecule has 164 valence electrons. The summed E-state index contributed by atoms with van der Waals surface area (Å²) in [6.07, 6.45) is 2.45. The Hall–Kier alpha value is -2.22. The second-order valence-electron chi connectivity index (χ2n) is 6.87. The number of thioether (sulfide) groups is 1. The van der Waals surface area contributed by atoms with E-state index in [9.17, 15) is 4.79 Å². The highest BCUT2D eigenvalue weighted by Crippen LogP contribution is 2.39. The van der Waals surface area contributed by atoms with Crippen LogP contribution in [0.3, 0.4) is 0 Å². The van der Waals surface area contributed by atoms with Crippen molar-refractivity contribution >= 4 is 51.9 Å². The molecule has 0 aromatic heterocycles. The van der Waals surface area contributed by atoms with E-state index in [-0.39, 0.29) is 5.91 Å². The molecule has 0 saturated carbocycles. The number of hydrogen-bond acceptors (Lipinski definition) is 6. The van der Waals surface area contributed by atoms with Gasteiger partial charge in [-0.15, -0.1) is 0 Å². The summed E-state index contributed by atoms with van der Waals surface area (Å²) in [5.41, 5.74) is 1.94. The van der Waals surface area contributed by atoms with Crippen molar-refractivity contribution in [1.29, 1.82) is 0 Å². The zero-order valence-electron chi connectivity index (χ0n) is 17.6. The van der Waals surface area contributed by atoms with Gasteiger partial charge in [0.15, 0.2) is 11.5 Å². The molecule has 1 amide bonds. The predicted molar refractivity (Wildman–Crippen MR) is 130 cm³/mol. The highest BCUT2D eigenvalue weighted by atomic mass is 35.5. The van der Waals surface area contributed by atoms with Crippen LogP contribution in [0.5, 0.6) is 17.2 Å². The monoisotopic (exact) mass is 477 g/mol. The molecule has 0 atom stereocenters. The molecule has 8 heteroatoms. The van der Waals surface area contributed by atoms with Crippen LogP contribution in [0.15, 0.2) is 41.3 Å². The maximum Gasteiger partial charge on any atom is 0.265 e. The average Bonchev–Trinajstić information content (AvgIpc) is 2.97. The van der Waals surface area contributed by atoms with Crippen molar-refractivity contribution in [3.63, 3.8) is 0 Å². The van der Waals surface area contributed by atoms with E-state index in [1.54, 1.807) is 19.2 Å². The molecule has 1 aliphatic heterocycles. The highest BCUT2D eigenvalue weighted by molar-refractivity contribution is 8.26. The Morgan fingerprint density at radius 2 is 1.84 bits per heavy atom. The van der Waals surface area contributed by atoms with E-state index >= 15 is 0 Å². The van der Waals surface area contributed by atoms with Gasteiger partial charge in [-0.05, 0) is 49.8 Å². The van der Waals surface area contributed by atoms with E-state index in [4.69, 9.17) is 38.0 Å². The molecule has 1 heterocycles. The molecule has 0 radical (unpaired) electrons. The van der Waals surface area contributed by atoms with E-state index in [0.717, 1.165) is 11.3 Å². The van der Waals surface area contributed by atoms with Crippen LogP contribution in [-0.2, 0) is 4.79 Å². The third-order valence-electron chi connectivity index (χ3n) is 4.44. The number of likely N-dealkylation sites (N-methyl/N-ethyl adjacent to an activating group) is 1. The molecule has 0 aliphatic carbocycles. The summed E-state index contributed by atoms with van der Waals surface area (Å²) < 4.78 is 17.9. The molecule has 0 N–H and O–H groups in total. The number of ether oxygens (including phenoxy) is 3. The maximum atomic E-state index is 12.3. The SMILES string of the molecule is CCOc1cc(C=C2SC(=S)N(C)C2=O)cc(Cl)c1OCCCOc1ccc(C)cc1. The van der Waals surface area contributed by atoms with Crippen molar-refractivity contribution in [3.05, 3.63) is 57.5 Å². The van der Waals surface area contributed by atoms with Crippen LogP contribution in [0.1, 0.15) is 24.5 Å². The number of aryl methyl sites for hydroxylation is 1. The molecule has 2 aromatic carbocycles. The molecule has 0 bridgehead atoms. The molecule has 3 rings (SSSR count). The summed E-state index contributed by atoms with van der Waals surface area (Å²) in [4.78, 5) is 14.3. The lowest BCUT2D eigenvalue weighted by Gasteiger charge is -2.15. The van der Waals surface area contributed by atoms with Gasteiger partial charge in [-0.1, -0.05) is 53.3 Å². The third kappa shape index (κ3) is 6.15. The van der Waals surface area contributed by atoms with Crippen LogP contribution in [0.2, 0.25) is 5.02 Å². The molecule has 5 nitrogen and oxygen atoms in total. The summed E-state index contributed by atoms with van der Waals surface area (Å²) in [7, 11) is 1.66. The summed E-state index contributed by atoms with van der Waals surface area (Å²) in [5, 5.41) is 0.420. The van der Waals surface area contributed by atoms with Gasteiger partial charge < -0.3 is 14.2 Å². The van der Waals surface area contributed by atoms with Gasteiger partial charge in [-0.3, -0.25) is 9.69 Å². The van der Waals surface area contributed by atoms with Crippen molar-refractivity contribution in [2.45, 2.75) is 20.3 Å². The van der Waals surface area contributed by atoms with Gasteiger partial charge in [0.05, 0.1) is 29.7 Å². The Bertz CT molecular complexity index is 992. The van der Waals surface area contributed by atoms with Gasteiger partial charge in [-0.2, -0.15) is 0 Å².